The molecule has 1 aliphatic heterocycles. The second kappa shape index (κ2) is 7.37. The predicted octanol–water partition coefficient (Wildman–Crippen LogP) is 2.27. The number of rotatable bonds is 3. The van der Waals surface area contributed by atoms with Crippen LogP contribution >= 0.6 is 0 Å². The van der Waals surface area contributed by atoms with Gasteiger partial charge in [0.15, 0.2) is 0 Å². The zero-order chi connectivity index (χ0) is 18.8. The highest BCUT2D eigenvalue weighted by molar-refractivity contribution is 5.95. The molecule has 2 rings (SSSR count). The topological polar surface area (TPSA) is 75.2 Å². The molecule has 138 valence electrons. The fraction of sp³-hybridized carbons (Fsp3) is 0.625. The molecule has 1 aliphatic rings. The summed E-state index contributed by atoms with van der Waals surface area (Å²) < 4.78 is 39.2. The van der Waals surface area contributed by atoms with Crippen molar-refractivity contribution in [1.82, 2.24) is 20.2 Å². The highest BCUT2D eigenvalue weighted by Crippen LogP contribution is 2.32. The van der Waals surface area contributed by atoms with Crippen LogP contribution in [0.25, 0.3) is 0 Å². The van der Waals surface area contributed by atoms with E-state index in [4.69, 9.17) is 0 Å². The van der Waals surface area contributed by atoms with Gasteiger partial charge in [-0.1, -0.05) is 13.8 Å². The van der Waals surface area contributed by atoms with E-state index in [0.29, 0.717) is 11.3 Å². The average Bonchev–Trinajstić information content (AvgIpc) is 2.53. The van der Waals surface area contributed by atoms with E-state index in [1.165, 1.54) is 12.5 Å². The number of likely N-dealkylation sites (tertiary alicyclic amines) is 1. The quantitative estimate of drug-likeness (QED) is 0.899. The Morgan fingerprint density at radius 2 is 2.00 bits per heavy atom. The summed E-state index contributed by atoms with van der Waals surface area (Å²) in [6, 6.07) is -2.35. The summed E-state index contributed by atoms with van der Waals surface area (Å²) in [6.45, 7) is 4.69. The third-order valence-electron chi connectivity index (χ3n) is 4.23. The Balaban J connectivity index is 2.12. The third-order valence-corrected chi connectivity index (χ3v) is 4.23. The van der Waals surface area contributed by atoms with Gasteiger partial charge in [-0.2, -0.15) is 13.2 Å². The minimum absolute atomic E-state index is 0.00145. The molecule has 0 unspecified atom stereocenters. The standard InChI is InChI=1S/C16H21F3N4O2/c1-9(2)14-12(6-20-8-21-14)15(25)22-11-4-5-13(16(17,18)19)23(7-11)10(3)24/h6,8-9,11,13H,4-5,7H2,1-3H3,(H,22,25)/t11-,13-/m0/s1. The van der Waals surface area contributed by atoms with Gasteiger partial charge in [0.05, 0.1) is 11.3 Å². The van der Waals surface area contributed by atoms with Gasteiger partial charge < -0.3 is 10.2 Å². The summed E-state index contributed by atoms with van der Waals surface area (Å²) in [5.74, 6) is -1.10. The van der Waals surface area contributed by atoms with Crippen LogP contribution in [0.3, 0.4) is 0 Å². The van der Waals surface area contributed by atoms with Crippen molar-refractivity contribution in [2.75, 3.05) is 6.54 Å². The first-order valence-electron chi connectivity index (χ1n) is 8.06. The molecule has 2 amide bonds. The van der Waals surface area contributed by atoms with Gasteiger partial charge in [0.2, 0.25) is 5.91 Å². The summed E-state index contributed by atoms with van der Waals surface area (Å²) in [5, 5.41) is 2.71. The molecule has 1 N–H and O–H groups in total. The van der Waals surface area contributed by atoms with E-state index in [9.17, 15) is 22.8 Å². The summed E-state index contributed by atoms with van der Waals surface area (Å²) in [4.78, 5) is 32.8. The van der Waals surface area contributed by atoms with Crippen molar-refractivity contribution in [3.63, 3.8) is 0 Å². The van der Waals surface area contributed by atoms with Gasteiger partial charge in [0.25, 0.3) is 5.91 Å². The predicted molar refractivity (Wildman–Crippen MR) is 83.8 cm³/mol. The van der Waals surface area contributed by atoms with E-state index < -0.39 is 30.1 Å². The van der Waals surface area contributed by atoms with Crippen LogP contribution in [0.2, 0.25) is 0 Å². The molecule has 0 aromatic carbocycles. The van der Waals surface area contributed by atoms with E-state index in [2.05, 4.69) is 15.3 Å². The Bertz CT molecular complexity index is 649. The Morgan fingerprint density at radius 3 is 2.56 bits per heavy atom. The molecule has 6 nitrogen and oxygen atoms in total. The maximum Gasteiger partial charge on any atom is 0.408 e. The van der Waals surface area contributed by atoms with Crippen molar-refractivity contribution in [1.29, 1.82) is 0 Å². The van der Waals surface area contributed by atoms with Gasteiger partial charge in [-0.25, -0.2) is 9.97 Å². The van der Waals surface area contributed by atoms with Crippen molar-refractivity contribution < 1.29 is 22.8 Å². The molecular formula is C16H21F3N4O2. The maximum absolute atomic E-state index is 13.1. The van der Waals surface area contributed by atoms with Gasteiger partial charge in [-0.3, -0.25) is 9.59 Å². The van der Waals surface area contributed by atoms with Crippen LogP contribution in [0.4, 0.5) is 13.2 Å². The lowest BCUT2D eigenvalue weighted by Gasteiger charge is -2.40. The SMILES string of the molecule is CC(=O)N1C[C@@H](NC(=O)c2cncnc2C(C)C)CC[C@H]1C(F)(F)F. The van der Waals surface area contributed by atoms with Gasteiger partial charge in [0, 0.05) is 25.7 Å². The van der Waals surface area contributed by atoms with E-state index in [1.807, 2.05) is 13.8 Å². The number of alkyl halides is 3. The number of piperidine rings is 1. The molecule has 1 aromatic rings. The number of nitrogens with zero attached hydrogens (tertiary/aromatic N) is 3. The molecule has 0 saturated carbocycles. The first kappa shape index (κ1) is 19.1. The molecule has 9 heteroatoms. The molecular weight excluding hydrogens is 337 g/mol. The number of aromatic nitrogens is 2. The minimum Gasteiger partial charge on any atom is -0.347 e. The van der Waals surface area contributed by atoms with Gasteiger partial charge in [0.1, 0.15) is 12.4 Å². The lowest BCUT2D eigenvalue weighted by molar-refractivity contribution is -0.196. The largest absolute Gasteiger partial charge is 0.408 e. The maximum atomic E-state index is 13.1. The normalized spacial score (nSPS) is 21.3. The molecule has 0 bridgehead atoms. The van der Waals surface area contributed by atoms with E-state index in [1.54, 1.807) is 0 Å². The van der Waals surface area contributed by atoms with Crippen molar-refractivity contribution in [3.8, 4) is 0 Å². The second-order valence-electron chi connectivity index (χ2n) is 6.45. The van der Waals surface area contributed by atoms with E-state index >= 15 is 0 Å². The number of hydrogen-bond donors (Lipinski definition) is 1. The Hall–Kier alpha value is -2.19. The van der Waals surface area contributed by atoms with Crippen molar-refractivity contribution in [2.45, 2.75) is 57.8 Å². The monoisotopic (exact) mass is 358 g/mol. The first-order valence-corrected chi connectivity index (χ1v) is 8.06. The first-order chi connectivity index (χ1) is 11.6. The van der Waals surface area contributed by atoms with Crippen molar-refractivity contribution >= 4 is 11.8 Å². The highest BCUT2D eigenvalue weighted by atomic mass is 19.4. The number of halogens is 3. The molecule has 2 atom stereocenters. The molecule has 0 spiro atoms. The average molecular weight is 358 g/mol. The van der Waals surface area contributed by atoms with E-state index in [-0.39, 0.29) is 25.3 Å². The number of nitrogens with one attached hydrogen (secondary N) is 1. The number of carbonyl (C=O) groups excluding carboxylic acids is 2. The van der Waals surface area contributed by atoms with Crippen molar-refractivity contribution in [3.05, 3.63) is 23.8 Å². The van der Waals surface area contributed by atoms with Gasteiger partial charge in [-0.15, -0.1) is 0 Å². The van der Waals surface area contributed by atoms with Crippen LogP contribution in [0.1, 0.15) is 55.6 Å². The van der Waals surface area contributed by atoms with Gasteiger partial charge in [-0.05, 0) is 18.8 Å². The zero-order valence-electron chi connectivity index (χ0n) is 14.3. The van der Waals surface area contributed by atoms with Crippen molar-refractivity contribution in [2.24, 2.45) is 0 Å². The molecule has 0 radical (unpaired) electrons. The summed E-state index contributed by atoms with van der Waals surface area (Å²) in [6.07, 6.45) is -1.83. The zero-order valence-corrected chi connectivity index (χ0v) is 14.3. The Morgan fingerprint density at radius 1 is 1.32 bits per heavy atom. The fourth-order valence-corrected chi connectivity index (χ4v) is 3.01. The lowest BCUT2D eigenvalue weighted by atomic mass is 9.97. The minimum atomic E-state index is -4.47. The molecule has 1 fully saturated rings. The second-order valence-corrected chi connectivity index (χ2v) is 6.45. The third kappa shape index (κ3) is 4.46. The number of amides is 2. The fourth-order valence-electron chi connectivity index (χ4n) is 3.01. The summed E-state index contributed by atoms with van der Waals surface area (Å²) in [7, 11) is 0. The van der Waals surface area contributed by atoms with Crippen LogP contribution in [-0.4, -0.2) is 51.5 Å². The molecule has 0 aliphatic carbocycles. The molecule has 1 saturated heterocycles. The summed E-state index contributed by atoms with van der Waals surface area (Å²) >= 11 is 0. The summed E-state index contributed by atoms with van der Waals surface area (Å²) in [5.41, 5.74) is 0.865. The molecule has 25 heavy (non-hydrogen) atoms. The Labute approximate surface area is 143 Å². The molecule has 2 heterocycles. The highest BCUT2D eigenvalue weighted by Gasteiger charge is 2.47. The smallest absolute Gasteiger partial charge is 0.347 e. The number of carbonyl (C=O) groups is 2. The van der Waals surface area contributed by atoms with Crippen LogP contribution in [0.5, 0.6) is 0 Å². The Kier molecular flexibility index (Phi) is 5.64. The van der Waals surface area contributed by atoms with Crippen LogP contribution < -0.4 is 5.32 Å². The lowest BCUT2D eigenvalue weighted by Crippen LogP contribution is -2.57. The van der Waals surface area contributed by atoms with Crippen LogP contribution in [0.15, 0.2) is 12.5 Å². The van der Waals surface area contributed by atoms with Crippen LogP contribution in [-0.2, 0) is 4.79 Å². The van der Waals surface area contributed by atoms with Crippen LogP contribution in [0, 0.1) is 0 Å². The number of hydrogen-bond acceptors (Lipinski definition) is 4. The van der Waals surface area contributed by atoms with E-state index in [0.717, 1.165) is 11.8 Å². The van der Waals surface area contributed by atoms with Gasteiger partial charge >= 0.3 is 6.18 Å². The molecule has 1 aromatic heterocycles.